The van der Waals surface area contributed by atoms with Gasteiger partial charge in [0.15, 0.2) is 0 Å². The first-order valence-electron chi connectivity index (χ1n) is 9.17. The molecule has 3 heteroatoms. The van der Waals surface area contributed by atoms with Crippen molar-refractivity contribution >= 4 is 30.9 Å². The Labute approximate surface area is 192 Å². The molecule has 1 aliphatic rings. The van der Waals surface area contributed by atoms with Gasteiger partial charge in [-0.25, -0.2) is 0 Å². The summed E-state index contributed by atoms with van der Waals surface area (Å²) in [5, 5.41) is 0. The first kappa shape index (κ1) is 24.7. The van der Waals surface area contributed by atoms with Crippen LogP contribution in [0.25, 0.3) is 17.2 Å². The van der Waals surface area contributed by atoms with Crippen LogP contribution in [-0.2, 0) is 35.2 Å². The number of rotatable bonds is 1. The summed E-state index contributed by atoms with van der Waals surface area (Å²) in [5.74, 6) is 0. The van der Waals surface area contributed by atoms with E-state index in [9.17, 15) is 0 Å². The molecule has 0 heterocycles. The third-order valence-corrected chi connectivity index (χ3v) is 8.01. The predicted molar refractivity (Wildman–Crippen MR) is 120 cm³/mol. The van der Waals surface area contributed by atoms with E-state index in [4.69, 9.17) is 0 Å². The fourth-order valence-corrected chi connectivity index (χ4v) is 4.66. The molecule has 0 amide bonds. The number of benzene rings is 2. The maximum absolute atomic E-state index is 2.42. The van der Waals surface area contributed by atoms with E-state index in [0.717, 1.165) is 0 Å². The van der Waals surface area contributed by atoms with Crippen molar-refractivity contribution < 1.29 is 24.4 Å². The summed E-state index contributed by atoms with van der Waals surface area (Å²) in [6, 6.07) is 14.1. The molecule has 0 nitrogen and oxygen atoms in total. The molecule has 0 aliphatic heterocycles. The number of hydrogen-bond acceptors (Lipinski definition) is 0. The van der Waals surface area contributed by atoms with Crippen LogP contribution in [0.1, 0.15) is 74.4 Å². The molecule has 0 bridgehead atoms. The van der Waals surface area contributed by atoms with E-state index in [1.807, 2.05) is 0 Å². The molecule has 2 aromatic carbocycles. The average Bonchev–Trinajstić information content (AvgIpc) is 2.80. The number of halogens is 2. The average molecular weight is 569 g/mol. The van der Waals surface area contributed by atoms with Crippen molar-refractivity contribution in [2.45, 2.75) is 63.0 Å². The number of allylic oxidation sites excluding steroid dienone is 1. The summed E-state index contributed by atoms with van der Waals surface area (Å²) >= 11 is 1.19. The molecule has 0 saturated heterocycles. The van der Waals surface area contributed by atoms with Gasteiger partial charge in [-0.3, -0.25) is 0 Å². The van der Waals surface area contributed by atoms with Gasteiger partial charge >= 0.3 is 169 Å². The van der Waals surface area contributed by atoms with Crippen LogP contribution in [0.15, 0.2) is 42.0 Å². The Morgan fingerprint density at radius 1 is 0.815 bits per heavy atom. The van der Waals surface area contributed by atoms with Crippen molar-refractivity contribution in [1.29, 1.82) is 0 Å². The molecule has 1 atom stereocenters. The summed E-state index contributed by atoms with van der Waals surface area (Å²) in [5.41, 5.74) is 10.4. The molecule has 0 radical (unpaired) electrons. The molecule has 0 N–H and O–H groups in total. The van der Waals surface area contributed by atoms with Crippen LogP contribution in [0, 0.1) is 0 Å². The summed E-state index contributed by atoms with van der Waals surface area (Å²) in [6.07, 6.45) is 2.42. The van der Waals surface area contributed by atoms with Gasteiger partial charge in [-0.2, -0.15) is 0 Å². The Balaban J connectivity index is 0.00000182. The minimum Gasteiger partial charge on any atom is -0.147 e. The molecule has 1 unspecified atom stereocenters. The molecular weight excluding hydrogens is 538 g/mol. The van der Waals surface area contributed by atoms with E-state index in [0.29, 0.717) is 3.67 Å². The number of fused-ring (bicyclic) bond motifs is 1. The SMILES string of the molecule is CC1=Cc2c(-c3cc(C(C)(C)C)cc(C(C)(C)C)c3)cccc2[CH]1[Hf].Cl.Cl. The van der Waals surface area contributed by atoms with E-state index >= 15 is 0 Å². The fraction of sp³-hybridized carbons (Fsp3) is 0.417. The Morgan fingerprint density at radius 3 is 1.81 bits per heavy atom. The topological polar surface area (TPSA) is 0 Å². The summed E-state index contributed by atoms with van der Waals surface area (Å²) < 4.78 is 0.669. The third-order valence-electron chi connectivity index (χ3n) is 5.25. The van der Waals surface area contributed by atoms with Crippen LogP contribution in [0.4, 0.5) is 0 Å². The first-order valence-corrected chi connectivity index (χ1v) is 11.2. The zero-order valence-electron chi connectivity index (χ0n) is 17.4. The smallest absolute Gasteiger partial charge is 0.147 e. The number of hydrogen-bond donors (Lipinski definition) is 0. The van der Waals surface area contributed by atoms with Gasteiger partial charge in [0.1, 0.15) is 0 Å². The van der Waals surface area contributed by atoms with Crippen molar-refractivity contribution in [3.63, 3.8) is 0 Å². The second-order valence-electron chi connectivity index (χ2n) is 9.43. The maximum Gasteiger partial charge on any atom is -0.147 e. The second-order valence-corrected chi connectivity index (χ2v) is 11.5. The molecule has 0 saturated carbocycles. The summed E-state index contributed by atoms with van der Waals surface area (Å²) in [7, 11) is 0. The Bertz CT molecular complexity index is 819. The van der Waals surface area contributed by atoms with Crippen LogP contribution in [-0.4, -0.2) is 0 Å². The van der Waals surface area contributed by atoms with Gasteiger partial charge in [0.05, 0.1) is 0 Å². The van der Waals surface area contributed by atoms with Crippen molar-refractivity contribution in [1.82, 2.24) is 0 Å². The van der Waals surface area contributed by atoms with Gasteiger partial charge in [0.25, 0.3) is 0 Å². The second kappa shape index (κ2) is 8.56. The van der Waals surface area contributed by atoms with E-state index in [-0.39, 0.29) is 35.6 Å². The van der Waals surface area contributed by atoms with Crippen LogP contribution >= 0.6 is 24.8 Å². The fourth-order valence-electron chi connectivity index (χ4n) is 3.45. The van der Waals surface area contributed by atoms with Crippen LogP contribution < -0.4 is 0 Å². The predicted octanol–water partition coefficient (Wildman–Crippen LogP) is 7.80. The molecule has 2 aromatic rings. The van der Waals surface area contributed by atoms with Gasteiger partial charge in [0.2, 0.25) is 0 Å². The molecule has 1 aliphatic carbocycles. The molecule has 27 heavy (non-hydrogen) atoms. The third kappa shape index (κ3) is 4.98. The quantitative estimate of drug-likeness (QED) is 0.308. The Morgan fingerprint density at radius 2 is 1.33 bits per heavy atom. The zero-order chi connectivity index (χ0) is 18.6. The van der Waals surface area contributed by atoms with Gasteiger partial charge in [-0.05, 0) is 0 Å². The Kier molecular flexibility index (Phi) is 7.82. The van der Waals surface area contributed by atoms with Gasteiger partial charge in [-0.15, -0.1) is 24.8 Å². The van der Waals surface area contributed by atoms with Crippen LogP contribution in [0.2, 0.25) is 0 Å². The largest absolute Gasteiger partial charge is 0.147 e. The zero-order valence-corrected chi connectivity index (χ0v) is 22.7. The normalized spacial score (nSPS) is 16.1. The minimum atomic E-state index is 0. The van der Waals surface area contributed by atoms with E-state index in [2.05, 4.69) is 90.9 Å². The van der Waals surface area contributed by atoms with E-state index in [1.165, 1.54) is 63.3 Å². The molecule has 0 spiro atoms. The van der Waals surface area contributed by atoms with Crippen LogP contribution in [0.5, 0.6) is 0 Å². The van der Waals surface area contributed by atoms with Crippen molar-refractivity contribution in [2.75, 3.05) is 0 Å². The van der Waals surface area contributed by atoms with Crippen molar-refractivity contribution in [3.8, 4) is 11.1 Å². The molecule has 145 valence electrons. The molecule has 0 aromatic heterocycles. The maximum atomic E-state index is 2.42. The van der Waals surface area contributed by atoms with Crippen molar-refractivity contribution in [3.05, 3.63) is 64.2 Å². The van der Waals surface area contributed by atoms with Crippen LogP contribution in [0.3, 0.4) is 0 Å². The standard InChI is InChI=1S/C24H29.2ClH.Hf/c1-16-11-17-9-8-10-21(22(17)12-16)18-13-19(23(2,3)4)15-20(14-18)24(5,6)7;;;/h8-15H,1-7H3;2*1H;. The van der Waals surface area contributed by atoms with Gasteiger partial charge in [-0.1, -0.05) is 0 Å². The van der Waals surface area contributed by atoms with Gasteiger partial charge < -0.3 is 0 Å². The van der Waals surface area contributed by atoms with E-state index < -0.39 is 0 Å². The molecule has 3 rings (SSSR count). The monoisotopic (exact) mass is 569 g/mol. The summed E-state index contributed by atoms with van der Waals surface area (Å²) in [6.45, 7) is 16.2. The molecular formula is C24H31Cl2Hf. The first-order chi connectivity index (χ1) is 11.5. The molecule has 0 fully saturated rings. The van der Waals surface area contributed by atoms with Crippen molar-refractivity contribution in [2.24, 2.45) is 0 Å². The Hall–Kier alpha value is -0.370. The van der Waals surface area contributed by atoms with Gasteiger partial charge in [0, 0.05) is 0 Å². The summed E-state index contributed by atoms with van der Waals surface area (Å²) in [4.78, 5) is 0. The van der Waals surface area contributed by atoms with E-state index in [1.54, 1.807) is 0 Å². The minimum absolute atomic E-state index is 0.